The fourth-order valence-corrected chi connectivity index (χ4v) is 3.46. The van der Waals surface area contributed by atoms with Crippen LogP contribution in [-0.4, -0.2) is 5.71 Å². The monoisotopic (exact) mass is 391 g/mol. The average Bonchev–Trinajstić information content (AvgIpc) is 2.82. The Morgan fingerprint density at radius 3 is 1.60 bits per heavy atom. The average molecular weight is 391 g/mol. The summed E-state index contributed by atoms with van der Waals surface area (Å²) >= 11 is 0. The van der Waals surface area contributed by atoms with Crippen molar-refractivity contribution in [2.24, 2.45) is 4.99 Å². The van der Waals surface area contributed by atoms with Gasteiger partial charge in [-0.2, -0.15) is 0 Å². The van der Waals surface area contributed by atoms with Crippen LogP contribution >= 0.6 is 0 Å². The first-order chi connectivity index (χ1) is 14.8. The lowest BCUT2D eigenvalue weighted by molar-refractivity contribution is 0.627. The van der Waals surface area contributed by atoms with Gasteiger partial charge in [-0.25, -0.2) is 4.39 Å². The summed E-state index contributed by atoms with van der Waals surface area (Å²) in [5.74, 6) is -0.244. The SMILES string of the molecule is Fc1ccc(C(/C=C/N=C(c2ccccc2)c2ccccc2)c2ccccc2)cc1. The summed E-state index contributed by atoms with van der Waals surface area (Å²) in [5, 5.41) is 0. The Morgan fingerprint density at radius 1 is 0.600 bits per heavy atom. The Labute approximate surface area is 176 Å². The van der Waals surface area contributed by atoms with Crippen LogP contribution in [0.3, 0.4) is 0 Å². The van der Waals surface area contributed by atoms with Gasteiger partial charge in [0.2, 0.25) is 0 Å². The van der Waals surface area contributed by atoms with Crippen molar-refractivity contribution in [3.8, 4) is 0 Å². The van der Waals surface area contributed by atoms with Gasteiger partial charge in [-0.05, 0) is 23.3 Å². The zero-order valence-corrected chi connectivity index (χ0v) is 16.5. The first-order valence-electron chi connectivity index (χ1n) is 9.97. The highest BCUT2D eigenvalue weighted by atomic mass is 19.1. The molecule has 0 aliphatic heterocycles. The lowest BCUT2D eigenvalue weighted by Crippen LogP contribution is -2.02. The van der Waals surface area contributed by atoms with Crippen molar-refractivity contribution in [1.82, 2.24) is 0 Å². The molecule has 4 rings (SSSR count). The summed E-state index contributed by atoms with van der Waals surface area (Å²) < 4.78 is 13.4. The smallest absolute Gasteiger partial charge is 0.123 e. The second-order valence-corrected chi connectivity index (χ2v) is 6.99. The van der Waals surface area contributed by atoms with Crippen LogP contribution in [0.5, 0.6) is 0 Å². The van der Waals surface area contributed by atoms with E-state index in [0.717, 1.165) is 28.0 Å². The molecule has 0 bridgehead atoms. The van der Waals surface area contributed by atoms with E-state index in [9.17, 15) is 4.39 Å². The minimum absolute atomic E-state index is 0.0108. The van der Waals surface area contributed by atoms with E-state index in [1.165, 1.54) is 12.1 Å². The zero-order chi connectivity index (χ0) is 20.6. The Kier molecular flexibility index (Phi) is 6.26. The van der Waals surface area contributed by atoms with Crippen molar-refractivity contribution in [2.75, 3.05) is 0 Å². The second-order valence-electron chi connectivity index (χ2n) is 6.99. The highest BCUT2D eigenvalue weighted by Gasteiger charge is 2.11. The van der Waals surface area contributed by atoms with E-state index in [-0.39, 0.29) is 11.7 Å². The molecule has 4 aromatic rings. The van der Waals surface area contributed by atoms with Crippen LogP contribution in [0.2, 0.25) is 0 Å². The van der Waals surface area contributed by atoms with E-state index >= 15 is 0 Å². The first kappa shape index (κ1) is 19.5. The summed E-state index contributed by atoms with van der Waals surface area (Å²) in [6, 6.07) is 37.2. The Hall–Kier alpha value is -3.78. The zero-order valence-electron chi connectivity index (χ0n) is 16.5. The molecule has 0 saturated heterocycles. The largest absolute Gasteiger partial charge is 0.256 e. The molecular weight excluding hydrogens is 369 g/mol. The maximum absolute atomic E-state index is 13.4. The van der Waals surface area contributed by atoms with E-state index < -0.39 is 0 Å². The van der Waals surface area contributed by atoms with Crippen LogP contribution in [0.4, 0.5) is 4.39 Å². The van der Waals surface area contributed by atoms with Crippen molar-refractivity contribution in [3.05, 3.63) is 156 Å². The predicted octanol–water partition coefficient (Wildman–Crippen LogP) is 7.01. The molecule has 0 heterocycles. The van der Waals surface area contributed by atoms with Crippen LogP contribution < -0.4 is 0 Å². The number of benzene rings is 4. The molecule has 1 unspecified atom stereocenters. The highest BCUT2D eigenvalue weighted by Crippen LogP contribution is 2.26. The van der Waals surface area contributed by atoms with Crippen molar-refractivity contribution in [3.63, 3.8) is 0 Å². The quantitative estimate of drug-likeness (QED) is 0.314. The van der Waals surface area contributed by atoms with Crippen molar-refractivity contribution < 1.29 is 4.39 Å². The number of hydrogen-bond acceptors (Lipinski definition) is 1. The van der Waals surface area contributed by atoms with E-state index in [1.54, 1.807) is 0 Å². The number of allylic oxidation sites excluding steroid dienone is 1. The van der Waals surface area contributed by atoms with E-state index in [2.05, 4.69) is 42.5 Å². The van der Waals surface area contributed by atoms with Crippen molar-refractivity contribution >= 4 is 5.71 Å². The Bertz CT molecular complexity index is 1070. The Balaban J connectivity index is 1.73. The molecule has 0 spiro atoms. The Morgan fingerprint density at radius 2 is 1.07 bits per heavy atom. The van der Waals surface area contributed by atoms with Crippen LogP contribution in [-0.2, 0) is 0 Å². The summed E-state index contributed by atoms with van der Waals surface area (Å²) in [5.41, 5.74) is 5.20. The summed E-state index contributed by atoms with van der Waals surface area (Å²) in [4.78, 5) is 4.83. The first-order valence-corrected chi connectivity index (χ1v) is 9.97. The van der Waals surface area contributed by atoms with Crippen LogP contribution in [0.15, 0.2) is 133 Å². The van der Waals surface area contributed by atoms with Gasteiger partial charge in [0.25, 0.3) is 0 Å². The molecule has 4 aromatic carbocycles. The van der Waals surface area contributed by atoms with Gasteiger partial charge in [-0.1, -0.05) is 109 Å². The molecular formula is C28H22FN. The summed E-state index contributed by atoms with van der Waals surface area (Å²) in [6.07, 6.45) is 3.92. The maximum Gasteiger partial charge on any atom is 0.123 e. The standard InChI is InChI=1S/C28H22FN/c29-26-18-16-23(17-19-26)27(22-10-4-1-5-11-22)20-21-30-28(24-12-6-2-7-13-24)25-14-8-3-9-15-25/h1-21,27H/b21-20+. The van der Waals surface area contributed by atoms with Gasteiger partial charge >= 0.3 is 0 Å². The molecule has 0 aliphatic carbocycles. The molecule has 0 saturated carbocycles. The topological polar surface area (TPSA) is 12.4 Å². The summed E-state index contributed by atoms with van der Waals surface area (Å²) in [7, 11) is 0. The number of aliphatic imine (C=N–C) groups is 1. The van der Waals surface area contributed by atoms with Gasteiger partial charge < -0.3 is 0 Å². The van der Waals surface area contributed by atoms with E-state index in [4.69, 9.17) is 4.99 Å². The molecule has 0 radical (unpaired) electrons. The molecule has 0 N–H and O–H groups in total. The van der Waals surface area contributed by atoms with Gasteiger partial charge in [0.05, 0.1) is 5.71 Å². The fraction of sp³-hybridized carbons (Fsp3) is 0.0357. The van der Waals surface area contributed by atoms with Crippen LogP contribution in [0.1, 0.15) is 28.2 Å². The third kappa shape index (κ3) is 4.79. The second kappa shape index (κ2) is 9.62. The van der Waals surface area contributed by atoms with Gasteiger partial charge in [0.1, 0.15) is 5.82 Å². The van der Waals surface area contributed by atoms with Crippen molar-refractivity contribution in [1.29, 1.82) is 0 Å². The van der Waals surface area contributed by atoms with Gasteiger partial charge in [-0.15, -0.1) is 0 Å². The number of halogens is 1. The third-order valence-electron chi connectivity index (χ3n) is 4.96. The number of rotatable bonds is 6. The molecule has 146 valence electrons. The van der Waals surface area contributed by atoms with Gasteiger partial charge in [0, 0.05) is 23.2 Å². The molecule has 0 aromatic heterocycles. The molecule has 1 atom stereocenters. The maximum atomic E-state index is 13.4. The lowest BCUT2D eigenvalue weighted by Gasteiger charge is -2.14. The molecule has 0 fully saturated rings. The minimum atomic E-state index is -0.233. The van der Waals surface area contributed by atoms with E-state index in [0.29, 0.717) is 0 Å². The van der Waals surface area contributed by atoms with Crippen molar-refractivity contribution in [2.45, 2.75) is 5.92 Å². The molecule has 30 heavy (non-hydrogen) atoms. The number of nitrogens with zero attached hydrogens (tertiary/aromatic N) is 1. The van der Waals surface area contributed by atoms with E-state index in [1.807, 2.05) is 72.9 Å². The third-order valence-corrected chi connectivity index (χ3v) is 4.96. The van der Waals surface area contributed by atoms with Crippen LogP contribution in [0, 0.1) is 5.82 Å². The van der Waals surface area contributed by atoms with Gasteiger partial charge in [0.15, 0.2) is 0 Å². The molecule has 0 amide bonds. The van der Waals surface area contributed by atoms with Crippen LogP contribution in [0.25, 0.3) is 0 Å². The minimum Gasteiger partial charge on any atom is -0.256 e. The predicted molar refractivity (Wildman–Crippen MR) is 122 cm³/mol. The molecule has 0 aliphatic rings. The summed E-state index contributed by atoms with van der Waals surface area (Å²) in [6.45, 7) is 0. The lowest BCUT2D eigenvalue weighted by atomic mass is 9.91. The molecule has 2 heteroatoms. The molecule has 1 nitrogen and oxygen atoms in total. The normalized spacial score (nSPS) is 11.9. The highest BCUT2D eigenvalue weighted by molar-refractivity contribution is 6.13. The van der Waals surface area contributed by atoms with Gasteiger partial charge in [-0.3, -0.25) is 4.99 Å². The fourth-order valence-electron chi connectivity index (χ4n) is 3.46. The number of hydrogen-bond donors (Lipinski definition) is 0.